The van der Waals surface area contributed by atoms with Gasteiger partial charge in [-0.05, 0) is 51.2 Å². The summed E-state index contributed by atoms with van der Waals surface area (Å²) in [5.74, 6) is 0.672. The summed E-state index contributed by atoms with van der Waals surface area (Å²) >= 11 is 9.86. The van der Waals surface area contributed by atoms with Crippen molar-refractivity contribution in [2.45, 2.75) is 5.88 Å². The van der Waals surface area contributed by atoms with Crippen LogP contribution in [0.3, 0.4) is 0 Å². The van der Waals surface area contributed by atoms with E-state index in [1.165, 1.54) is 0 Å². The molecule has 0 amide bonds. The molecule has 60 valence electrons. The highest BCUT2D eigenvalue weighted by molar-refractivity contribution is 14.1. The van der Waals surface area contributed by atoms with Crippen molar-refractivity contribution in [3.63, 3.8) is 0 Å². The first-order chi connectivity index (χ1) is 5.16. The van der Waals surface area contributed by atoms with E-state index >= 15 is 0 Å². The van der Waals surface area contributed by atoms with Crippen molar-refractivity contribution in [1.82, 2.24) is 0 Å². The molecular formula is C7H5ClI2O. The summed E-state index contributed by atoms with van der Waals surface area (Å²) in [6.07, 6.45) is 0. The summed E-state index contributed by atoms with van der Waals surface area (Å²) in [4.78, 5) is 0. The Balaban J connectivity index is 3.25. The maximum absolute atomic E-state index is 9.48. The zero-order valence-corrected chi connectivity index (χ0v) is 10.5. The van der Waals surface area contributed by atoms with Gasteiger partial charge in [0.15, 0.2) is 0 Å². The van der Waals surface area contributed by atoms with Crippen LogP contribution in [0.15, 0.2) is 12.1 Å². The third kappa shape index (κ3) is 2.12. The van der Waals surface area contributed by atoms with Crippen molar-refractivity contribution in [3.8, 4) is 5.75 Å². The van der Waals surface area contributed by atoms with Gasteiger partial charge in [-0.1, -0.05) is 6.07 Å². The lowest BCUT2D eigenvalue weighted by molar-refractivity contribution is 0.466. The number of alkyl halides is 1. The first kappa shape index (κ1) is 9.85. The Morgan fingerprint density at radius 2 is 2.00 bits per heavy atom. The van der Waals surface area contributed by atoms with Gasteiger partial charge in [-0.25, -0.2) is 0 Å². The zero-order valence-electron chi connectivity index (χ0n) is 5.44. The van der Waals surface area contributed by atoms with Gasteiger partial charge in [-0.15, -0.1) is 11.6 Å². The molecule has 0 fully saturated rings. The molecule has 11 heavy (non-hydrogen) atoms. The van der Waals surface area contributed by atoms with Crippen LogP contribution < -0.4 is 0 Å². The molecule has 0 atom stereocenters. The van der Waals surface area contributed by atoms with Crippen molar-refractivity contribution in [2.24, 2.45) is 0 Å². The van der Waals surface area contributed by atoms with Crippen molar-refractivity contribution in [2.75, 3.05) is 0 Å². The molecule has 0 radical (unpaired) electrons. The standard InChI is InChI=1S/C7H5ClI2O/c8-3-4-1-2-5(9)6(10)7(4)11/h1-2,11H,3H2. The van der Waals surface area contributed by atoms with Gasteiger partial charge in [0.05, 0.1) is 9.45 Å². The number of hydrogen-bond acceptors (Lipinski definition) is 1. The summed E-state index contributed by atoms with van der Waals surface area (Å²) in [7, 11) is 0. The second-order valence-electron chi connectivity index (χ2n) is 2.00. The molecule has 1 N–H and O–H groups in total. The van der Waals surface area contributed by atoms with E-state index in [1.54, 1.807) is 0 Å². The predicted octanol–water partition coefficient (Wildman–Crippen LogP) is 3.34. The van der Waals surface area contributed by atoms with E-state index in [0.29, 0.717) is 11.6 Å². The lowest BCUT2D eigenvalue weighted by atomic mass is 10.2. The molecule has 0 unspecified atom stereocenters. The number of hydrogen-bond donors (Lipinski definition) is 1. The first-order valence-electron chi connectivity index (χ1n) is 2.88. The number of phenols is 1. The van der Waals surface area contributed by atoms with Gasteiger partial charge in [-0.2, -0.15) is 0 Å². The Bertz CT molecular complexity index is 275. The molecule has 0 bridgehead atoms. The molecule has 1 aromatic carbocycles. The van der Waals surface area contributed by atoms with Crippen LogP contribution in [0.4, 0.5) is 0 Å². The van der Waals surface area contributed by atoms with Crippen LogP contribution in [-0.4, -0.2) is 5.11 Å². The Labute approximate surface area is 97.4 Å². The summed E-state index contributed by atoms with van der Waals surface area (Å²) in [5, 5.41) is 9.48. The van der Waals surface area contributed by atoms with Crippen LogP contribution in [0, 0.1) is 7.14 Å². The van der Waals surface area contributed by atoms with E-state index in [1.807, 2.05) is 12.1 Å². The second-order valence-corrected chi connectivity index (χ2v) is 4.51. The second kappa shape index (κ2) is 4.13. The highest BCUT2D eigenvalue weighted by Crippen LogP contribution is 2.29. The summed E-state index contributed by atoms with van der Waals surface area (Å²) in [5.41, 5.74) is 0.788. The Hall–Kier alpha value is 0.770. The fourth-order valence-corrected chi connectivity index (χ4v) is 1.86. The van der Waals surface area contributed by atoms with Gasteiger partial charge in [0.2, 0.25) is 0 Å². The monoisotopic (exact) mass is 394 g/mol. The Morgan fingerprint density at radius 1 is 1.36 bits per heavy atom. The number of aromatic hydroxyl groups is 1. The van der Waals surface area contributed by atoms with Crippen LogP contribution >= 0.6 is 56.8 Å². The topological polar surface area (TPSA) is 20.2 Å². The van der Waals surface area contributed by atoms with Gasteiger partial charge < -0.3 is 5.11 Å². The molecule has 0 heterocycles. The van der Waals surface area contributed by atoms with Crippen LogP contribution in [0.2, 0.25) is 0 Å². The van der Waals surface area contributed by atoms with Crippen LogP contribution in [-0.2, 0) is 5.88 Å². The van der Waals surface area contributed by atoms with Gasteiger partial charge in [0.1, 0.15) is 5.75 Å². The molecule has 0 saturated heterocycles. The molecule has 1 rings (SSSR count). The predicted molar refractivity (Wildman–Crippen MR) is 63.1 cm³/mol. The SMILES string of the molecule is Oc1c(CCl)ccc(I)c1I. The van der Waals surface area contributed by atoms with Crippen LogP contribution in [0.25, 0.3) is 0 Å². The first-order valence-corrected chi connectivity index (χ1v) is 5.58. The van der Waals surface area contributed by atoms with Gasteiger partial charge in [0, 0.05) is 9.13 Å². The third-order valence-electron chi connectivity index (χ3n) is 1.30. The zero-order chi connectivity index (χ0) is 8.43. The Kier molecular flexibility index (Phi) is 3.70. The smallest absolute Gasteiger partial charge is 0.134 e. The minimum atomic E-state index is 0.313. The van der Waals surface area contributed by atoms with Crippen LogP contribution in [0.5, 0.6) is 5.75 Å². The van der Waals surface area contributed by atoms with Crippen molar-refractivity contribution < 1.29 is 5.11 Å². The summed E-state index contributed by atoms with van der Waals surface area (Å²) in [6.45, 7) is 0. The lowest BCUT2D eigenvalue weighted by Crippen LogP contribution is -1.86. The number of phenolic OH excluding ortho intramolecular Hbond substituents is 1. The lowest BCUT2D eigenvalue weighted by Gasteiger charge is -2.03. The average Bonchev–Trinajstić information content (AvgIpc) is 2.01. The fraction of sp³-hybridized carbons (Fsp3) is 0.143. The number of halogens is 3. The molecule has 0 spiro atoms. The minimum Gasteiger partial charge on any atom is -0.506 e. The van der Waals surface area contributed by atoms with Crippen molar-refractivity contribution in [3.05, 3.63) is 24.8 Å². The molecule has 0 aliphatic rings. The summed E-state index contributed by atoms with van der Waals surface area (Å²) in [6, 6.07) is 3.78. The van der Waals surface area contributed by atoms with Crippen LogP contribution in [0.1, 0.15) is 5.56 Å². The van der Waals surface area contributed by atoms with Crippen molar-refractivity contribution >= 4 is 56.8 Å². The quantitative estimate of drug-likeness (QED) is 0.572. The van der Waals surface area contributed by atoms with Crippen molar-refractivity contribution in [1.29, 1.82) is 0 Å². The van der Waals surface area contributed by atoms with E-state index in [0.717, 1.165) is 12.7 Å². The fourth-order valence-electron chi connectivity index (χ4n) is 0.688. The third-order valence-corrected chi connectivity index (χ3v) is 4.61. The van der Waals surface area contributed by atoms with E-state index in [9.17, 15) is 5.11 Å². The van der Waals surface area contributed by atoms with E-state index in [-0.39, 0.29) is 0 Å². The Morgan fingerprint density at radius 3 is 2.55 bits per heavy atom. The largest absolute Gasteiger partial charge is 0.506 e. The molecular weight excluding hydrogens is 389 g/mol. The van der Waals surface area contributed by atoms with Gasteiger partial charge >= 0.3 is 0 Å². The molecule has 0 aliphatic carbocycles. The van der Waals surface area contributed by atoms with E-state index < -0.39 is 0 Å². The van der Waals surface area contributed by atoms with E-state index in [2.05, 4.69) is 45.2 Å². The number of rotatable bonds is 1. The normalized spacial score (nSPS) is 10.1. The molecule has 0 aliphatic heterocycles. The molecule has 4 heteroatoms. The van der Waals surface area contributed by atoms with Gasteiger partial charge in [-0.3, -0.25) is 0 Å². The maximum atomic E-state index is 9.48. The highest BCUT2D eigenvalue weighted by atomic mass is 127. The summed E-state index contributed by atoms with van der Waals surface area (Å²) < 4.78 is 1.93. The van der Waals surface area contributed by atoms with Gasteiger partial charge in [0.25, 0.3) is 0 Å². The highest BCUT2D eigenvalue weighted by Gasteiger charge is 2.06. The maximum Gasteiger partial charge on any atom is 0.134 e. The molecule has 0 saturated carbocycles. The minimum absolute atomic E-state index is 0.313. The number of benzene rings is 1. The molecule has 1 nitrogen and oxygen atoms in total. The average molecular weight is 394 g/mol. The van der Waals surface area contributed by atoms with E-state index in [4.69, 9.17) is 11.6 Å². The molecule has 1 aromatic rings. The molecule has 0 aromatic heterocycles.